The molecule has 0 atom stereocenters. The largest absolute Gasteiger partial charge is 0.467 e. The maximum Gasteiger partial charge on any atom is 0.316 e. The smallest absolute Gasteiger partial charge is 0.316 e. The SMILES string of the molecule is Nc1ccc(C(=O)NC(=O)C(=O)NCc2ccco2)cc1. The predicted octanol–water partition coefficient (Wildman–Crippen LogP) is 0.435. The molecule has 21 heavy (non-hydrogen) atoms. The van der Waals surface area contributed by atoms with Crippen molar-refractivity contribution < 1.29 is 18.8 Å². The van der Waals surface area contributed by atoms with E-state index in [9.17, 15) is 14.4 Å². The number of hydrogen-bond donors (Lipinski definition) is 3. The fourth-order valence-corrected chi connectivity index (χ4v) is 1.53. The summed E-state index contributed by atoms with van der Waals surface area (Å²) in [7, 11) is 0. The first-order valence-corrected chi connectivity index (χ1v) is 6.07. The Hall–Kier alpha value is -3.09. The highest BCUT2D eigenvalue weighted by molar-refractivity contribution is 6.38. The highest BCUT2D eigenvalue weighted by atomic mass is 16.3. The Bertz CT molecular complexity index is 647. The second-order valence-corrected chi connectivity index (χ2v) is 4.17. The number of hydrogen-bond acceptors (Lipinski definition) is 5. The summed E-state index contributed by atoms with van der Waals surface area (Å²) in [4.78, 5) is 34.8. The highest BCUT2D eigenvalue weighted by Gasteiger charge is 2.17. The van der Waals surface area contributed by atoms with Gasteiger partial charge in [-0.25, -0.2) is 0 Å². The molecule has 0 aliphatic heterocycles. The van der Waals surface area contributed by atoms with Crippen LogP contribution < -0.4 is 16.4 Å². The van der Waals surface area contributed by atoms with Crippen molar-refractivity contribution in [1.82, 2.24) is 10.6 Å². The van der Waals surface area contributed by atoms with Crippen molar-refractivity contribution in [2.24, 2.45) is 0 Å². The molecule has 1 aromatic heterocycles. The summed E-state index contributed by atoms with van der Waals surface area (Å²) in [6.45, 7) is 0.0648. The van der Waals surface area contributed by atoms with Gasteiger partial charge < -0.3 is 15.5 Å². The number of nitrogens with two attached hydrogens (primary N) is 1. The molecule has 0 saturated heterocycles. The van der Waals surface area contributed by atoms with Crippen molar-refractivity contribution in [2.45, 2.75) is 6.54 Å². The van der Waals surface area contributed by atoms with Gasteiger partial charge >= 0.3 is 11.8 Å². The average Bonchev–Trinajstić information content (AvgIpc) is 2.98. The Morgan fingerprint density at radius 1 is 1.05 bits per heavy atom. The number of carbonyl (C=O) groups is 3. The van der Waals surface area contributed by atoms with Crippen LogP contribution in [0.5, 0.6) is 0 Å². The van der Waals surface area contributed by atoms with Gasteiger partial charge in [-0.15, -0.1) is 0 Å². The Balaban J connectivity index is 1.86. The van der Waals surface area contributed by atoms with E-state index in [0.29, 0.717) is 11.4 Å². The predicted molar refractivity (Wildman–Crippen MR) is 73.9 cm³/mol. The fourth-order valence-electron chi connectivity index (χ4n) is 1.53. The Morgan fingerprint density at radius 2 is 1.76 bits per heavy atom. The van der Waals surface area contributed by atoms with Crippen LogP contribution >= 0.6 is 0 Å². The summed E-state index contributed by atoms with van der Waals surface area (Å²) >= 11 is 0. The van der Waals surface area contributed by atoms with Crippen LogP contribution in [0, 0.1) is 0 Å². The van der Waals surface area contributed by atoms with Crippen LogP contribution in [0.3, 0.4) is 0 Å². The molecule has 108 valence electrons. The molecule has 0 bridgehead atoms. The van der Waals surface area contributed by atoms with Crippen molar-refractivity contribution in [1.29, 1.82) is 0 Å². The number of benzene rings is 1. The molecular formula is C14H13N3O4. The van der Waals surface area contributed by atoms with E-state index in [2.05, 4.69) is 5.32 Å². The van der Waals surface area contributed by atoms with E-state index < -0.39 is 17.7 Å². The molecule has 1 heterocycles. The third-order valence-electron chi connectivity index (χ3n) is 2.61. The third kappa shape index (κ3) is 3.93. The van der Waals surface area contributed by atoms with Crippen LogP contribution in [0.4, 0.5) is 5.69 Å². The zero-order chi connectivity index (χ0) is 15.2. The topological polar surface area (TPSA) is 114 Å². The lowest BCUT2D eigenvalue weighted by atomic mass is 10.2. The number of furan rings is 1. The van der Waals surface area contributed by atoms with Gasteiger partial charge in [-0.1, -0.05) is 0 Å². The summed E-state index contributed by atoms with van der Waals surface area (Å²) in [5, 5.41) is 4.32. The van der Waals surface area contributed by atoms with Crippen molar-refractivity contribution in [3.05, 3.63) is 54.0 Å². The molecule has 0 unspecified atom stereocenters. The summed E-state index contributed by atoms with van der Waals surface area (Å²) in [5.41, 5.74) is 6.22. The molecule has 7 nitrogen and oxygen atoms in total. The summed E-state index contributed by atoms with van der Waals surface area (Å²) in [5.74, 6) is -2.13. The number of carbonyl (C=O) groups excluding carboxylic acids is 3. The lowest BCUT2D eigenvalue weighted by Gasteiger charge is -2.05. The fraction of sp³-hybridized carbons (Fsp3) is 0.0714. The first kappa shape index (κ1) is 14.3. The summed E-state index contributed by atoms with van der Waals surface area (Å²) in [6, 6.07) is 9.27. The number of imide groups is 1. The minimum atomic E-state index is -1.04. The second-order valence-electron chi connectivity index (χ2n) is 4.17. The van der Waals surface area contributed by atoms with Gasteiger partial charge in [-0.05, 0) is 36.4 Å². The molecule has 0 saturated carbocycles. The van der Waals surface area contributed by atoms with Gasteiger partial charge in [0.2, 0.25) is 0 Å². The maximum absolute atomic E-state index is 11.7. The minimum Gasteiger partial charge on any atom is -0.467 e. The van der Waals surface area contributed by atoms with Crippen LogP contribution in [0.1, 0.15) is 16.1 Å². The van der Waals surface area contributed by atoms with Gasteiger partial charge in [0.25, 0.3) is 5.91 Å². The van der Waals surface area contributed by atoms with E-state index in [1.165, 1.54) is 30.5 Å². The Labute approximate surface area is 120 Å². The highest BCUT2D eigenvalue weighted by Crippen LogP contribution is 2.05. The van der Waals surface area contributed by atoms with Gasteiger partial charge in [0.15, 0.2) is 0 Å². The second kappa shape index (κ2) is 6.38. The summed E-state index contributed by atoms with van der Waals surface area (Å²) < 4.78 is 5.00. The number of amides is 3. The molecule has 2 aromatic rings. The molecule has 4 N–H and O–H groups in total. The first-order valence-electron chi connectivity index (χ1n) is 6.07. The molecule has 0 fully saturated rings. The zero-order valence-electron chi connectivity index (χ0n) is 11.0. The maximum atomic E-state index is 11.7. The van der Waals surface area contributed by atoms with Crippen LogP contribution in [0.15, 0.2) is 47.1 Å². The van der Waals surface area contributed by atoms with Crippen LogP contribution in [-0.4, -0.2) is 17.7 Å². The number of anilines is 1. The average molecular weight is 287 g/mol. The van der Waals surface area contributed by atoms with E-state index in [1.54, 1.807) is 12.1 Å². The van der Waals surface area contributed by atoms with Crippen LogP contribution in [0.2, 0.25) is 0 Å². The molecule has 7 heteroatoms. The van der Waals surface area contributed by atoms with Gasteiger partial charge in [-0.2, -0.15) is 0 Å². The molecule has 0 aliphatic rings. The van der Waals surface area contributed by atoms with Crippen molar-refractivity contribution in [3.8, 4) is 0 Å². The molecular weight excluding hydrogens is 274 g/mol. The number of rotatable bonds is 3. The van der Waals surface area contributed by atoms with Crippen LogP contribution in [-0.2, 0) is 16.1 Å². The van der Waals surface area contributed by atoms with Gasteiger partial charge in [0, 0.05) is 11.3 Å². The summed E-state index contributed by atoms with van der Waals surface area (Å²) in [6.07, 6.45) is 1.45. The molecule has 3 amide bonds. The van der Waals surface area contributed by atoms with Crippen molar-refractivity contribution in [3.63, 3.8) is 0 Å². The standard InChI is InChI=1S/C14H13N3O4/c15-10-5-3-9(4-6-10)12(18)17-14(20)13(19)16-8-11-2-1-7-21-11/h1-7H,8,15H2,(H,16,19)(H,17,18,20). The lowest BCUT2D eigenvalue weighted by Crippen LogP contribution is -2.42. The van der Waals surface area contributed by atoms with Gasteiger partial charge in [-0.3, -0.25) is 19.7 Å². The minimum absolute atomic E-state index is 0.0648. The normalized spacial score (nSPS) is 9.90. The van der Waals surface area contributed by atoms with E-state index in [0.717, 1.165) is 0 Å². The number of nitrogen functional groups attached to an aromatic ring is 1. The Kier molecular flexibility index (Phi) is 4.35. The lowest BCUT2D eigenvalue weighted by molar-refractivity contribution is -0.138. The first-order chi connectivity index (χ1) is 10.1. The van der Waals surface area contributed by atoms with Crippen LogP contribution in [0.25, 0.3) is 0 Å². The Morgan fingerprint density at radius 3 is 2.38 bits per heavy atom. The molecule has 0 radical (unpaired) electrons. The monoisotopic (exact) mass is 287 g/mol. The van der Waals surface area contributed by atoms with Gasteiger partial charge in [0.05, 0.1) is 12.8 Å². The van der Waals surface area contributed by atoms with E-state index in [1.807, 2.05) is 5.32 Å². The molecule has 1 aromatic carbocycles. The quantitative estimate of drug-likeness (QED) is 0.559. The van der Waals surface area contributed by atoms with E-state index >= 15 is 0 Å². The molecule has 0 spiro atoms. The van der Waals surface area contributed by atoms with Crippen molar-refractivity contribution >= 4 is 23.4 Å². The third-order valence-corrected chi connectivity index (χ3v) is 2.61. The van der Waals surface area contributed by atoms with Crippen molar-refractivity contribution in [2.75, 3.05) is 5.73 Å². The van der Waals surface area contributed by atoms with Gasteiger partial charge in [0.1, 0.15) is 5.76 Å². The van der Waals surface area contributed by atoms with E-state index in [-0.39, 0.29) is 12.1 Å². The zero-order valence-corrected chi connectivity index (χ0v) is 11.0. The molecule has 2 rings (SSSR count). The molecule has 0 aliphatic carbocycles. The van der Waals surface area contributed by atoms with E-state index in [4.69, 9.17) is 10.2 Å². The number of nitrogens with one attached hydrogen (secondary N) is 2.